The highest BCUT2D eigenvalue weighted by atomic mass is 32.1. The van der Waals surface area contributed by atoms with Gasteiger partial charge in [0.05, 0.1) is 17.2 Å². The predicted molar refractivity (Wildman–Crippen MR) is 102 cm³/mol. The number of benzene rings is 2. The van der Waals surface area contributed by atoms with Crippen LogP contribution in [-0.2, 0) is 6.61 Å². The molecule has 1 unspecified atom stereocenters. The standard InChI is InChI=1S/C21H19FN2O2S/c22-17-8-6-15(7-9-17)20-5-2-10-24(20)21(25)16-3-1-4-19(11-16)26-12-18-13-27-14-23-18/h1,3-4,6-9,11,13-14,20H,2,5,10,12H2. The fourth-order valence-corrected chi connectivity index (χ4v) is 3.94. The van der Waals surface area contributed by atoms with Crippen LogP contribution < -0.4 is 4.74 Å². The minimum Gasteiger partial charge on any atom is -0.487 e. The van der Waals surface area contributed by atoms with E-state index in [-0.39, 0.29) is 17.8 Å². The fourth-order valence-electron chi connectivity index (χ4n) is 3.39. The van der Waals surface area contributed by atoms with Crippen LogP contribution in [0, 0.1) is 5.82 Å². The summed E-state index contributed by atoms with van der Waals surface area (Å²) in [4.78, 5) is 19.1. The normalized spacial score (nSPS) is 16.5. The number of thiazole rings is 1. The molecule has 0 spiro atoms. The number of ether oxygens (including phenoxy) is 1. The average Bonchev–Trinajstić information content (AvgIpc) is 3.38. The summed E-state index contributed by atoms with van der Waals surface area (Å²) < 4.78 is 19.0. The van der Waals surface area contributed by atoms with Crippen molar-refractivity contribution in [2.24, 2.45) is 0 Å². The second-order valence-electron chi connectivity index (χ2n) is 6.50. The van der Waals surface area contributed by atoms with Gasteiger partial charge in [-0.05, 0) is 48.7 Å². The van der Waals surface area contributed by atoms with Gasteiger partial charge in [-0.3, -0.25) is 4.79 Å². The number of likely N-dealkylation sites (tertiary alicyclic amines) is 1. The van der Waals surface area contributed by atoms with E-state index in [1.54, 1.807) is 29.8 Å². The lowest BCUT2D eigenvalue weighted by atomic mass is 10.0. The highest BCUT2D eigenvalue weighted by molar-refractivity contribution is 7.07. The van der Waals surface area contributed by atoms with Crippen molar-refractivity contribution in [3.05, 3.63) is 82.1 Å². The maximum Gasteiger partial charge on any atom is 0.254 e. The molecule has 1 atom stereocenters. The van der Waals surface area contributed by atoms with Gasteiger partial charge >= 0.3 is 0 Å². The highest BCUT2D eigenvalue weighted by Gasteiger charge is 2.30. The Hall–Kier alpha value is -2.73. The number of rotatable bonds is 5. The zero-order chi connectivity index (χ0) is 18.6. The van der Waals surface area contributed by atoms with Crippen LogP contribution in [0.25, 0.3) is 0 Å². The first-order chi connectivity index (χ1) is 13.2. The number of carbonyl (C=O) groups excluding carboxylic acids is 1. The zero-order valence-electron chi connectivity index (χ0n) is 14.7. The van der Waals surface area contributed by atoms with Crippen LogP contribution in [0.2, 0.25) is 0 Å². The minimum absolute atomic E-state index is 0.0160. The number of hydrogen-bond donors (Lipinski definition) is 0. The number of aromatic nitrogens is 1. The summed E-state index contributed by atoms with van der Waals surface area (Å²) >= 11 is 1.52. The number of hydrogen-bond acceptors (Lipinski definition) is 4. The lowest BCUT2D eigenvalue weighted by Gasteiger charge is -2.25. The summed E-state index contributed by atoms with van der Waals surface area (Å²) in [7, 11) is 0. The van der Waals surface area contributed by atoms with Crippen molar-refractivity contribution in [1.82, 2.24) is 9.88 Å². The summed E-state index contributed by atoms with van der Waals surface area (Å²) in [5, 5.41) is 1.94. The van der Waals surface area contributed by atoms with Crippen LogP contribution >= 0.6 is 11.3 Å². The number of carbonyl (C=O) groups is 1. The third-order valence-corrected chi connectivity index (χ3v) is 5.35. The van der Waals surface area contributed by atoms with Crippen molar-refractivity contribution in [2.75, 3.05) is 6.54 Å². The van der Waals surface area contributed by atoms with Crippen molar-refractivity contribution in [3.8, 4) is 5.75 Å². The maximum atomic E-state index is 13.2. The van der Waals surface area contributed by atoms with E-state index in [1.807, 2.05) is 22.4 Å². The first-order valence-corrected chi connectivity index (χ1v) is 9.81. The van der Waals surface area contributed by atoms with Gasteiger partial charge in [0.2, 0.25) is 0 Å². The van der Waals surface area contributed by atoms with Gasteiger partial charge in [-0.15, -0.1) is 11.3 Å². The molecule has 138 valence electrons. The molecule has 0 saturated carbocycles. The number of amides is 1. The van der Waals surface area contributed by atoms with Gasteiger partial charge in [-0.2, -0.15) is 0 Å². The molecule has 1 amide bonds. The number of nitrogens with zero attached hydrogens (tertiary/aromatic N) is 2. The van der Waals surface area contributed by atoms with Crippen molar-refractivity contribution in [2.45, 2.75) is 25.5 Å². The zero-order valence-corrected chi connectivity index (χ0v) is 15.5. The quantitative estimate of drug-likeness (QED) is 0.634. The molecule has 1 aliphatic heterocycles. The van der Waals surface area contributed by atoms with Gasteiger partial charge in [0.1, 0.15) is 18.2 Å². The number of halogens is 1. The monoisotopic (exact) mass is 382 g/mol. The third-order valence-electron chi connectivity index (χ3n) is 4.72. The molecular formula is C21H19FN2O2S. The SMILES string of the molecule is O=C(c1cccc(OCc2cscn2)c1)N1CCCC1c1ccc(F)cc1. The van der Waals surface area contributed by atoms with Crippen molar-refractivity contribution < 1.29 is 13.9 Å². The Morgan fingerprint density at radius 3 is 2.89 bits per heavy atom. The lowest BCUT2D eigenvalue weighted by Crippen LogP contribution is -2.30. The van der Waals surface area contributed by atoms with Crippen molar-refractivity contribution in [3.63, 3.8) is 0 Å². The average molecular weight is 382 g/mol. The summed E-state index contributed by atoms with van der Waals surface area (Å²) in [6, 6.07) is 13.6. The van der Waals surface area contributed by atoms with Crippen molar-refractivity contribution >= 4 is 17.2 Å². The van der Waals surface area contributed by atoms with Crippen LogP contribution in [0.15, 0.2) is 59.4 Å². The molecule has 0 radical (unpaired) electrons. The third kappa shape index (κ3) is 4.01. The second kappa shape index (κ2) is 7.88. The van der Waals surface area contributed by atoms with E-state index in [1.165, 1.54) is 23.5 Å². The van der Waals surface area contributed by atoms with E-state index < -0.39 is 0 Å². The second-order valence-corrected chi connectivity index (χ2v) is 7.22. The molecule has 4 rings (SSSR count). The summed E-state index contributed by atoms with van der Waals surface area (Å²) in [5.74, 6) is 0.354. The smallest absolute Gasteiger partial charge is 0.254 e. The largest absolute Gasteiger partial charge is 0.487 e. The van der Waals surface area contributed by atoms with E-state index in [2.05, 4.69) is 4.98 Å². The summed E-state index contributed by atoms with van der Waals surface area (Å²) in [5.41, 5.74) is 4.20. The van der Waals surface area contributed by atoms with Gasteiger partial charge in [0.25, 0.3) is 5.91 Å². The molecule has 1 aliphatic rings. The Balaban J connectivity index is 1.49. The van der Waals surface area contributed by atoms with E-state index in [0.717, 1.165) is 24.1 Å². The molecular weight excluding hydrogens is 363 g/mol. The van der Waals surface area contributed by atoms with Crippen LogP contribution in [0.4, 0.5) is 4.39 Å². The van der Waals surface area contributed by atoms with Gasteiger partial charge in [0, 0.05) is 17.5 Å². The summed E-state index contributed by atoms with van der Waals surface area (Å²) in [6.45, 7) is 1.08. The first-order valence-electron chi connectivity index (χ1n) is 8.87. The molecule has 0 aliphatic carbocycles. The summed E-state index contributed by atoms with van der Waals surface area (Å²) in [6.07, 6.45) is 1.82. The Labute approximate surface area is 161 Å². The molecule has 4 nitrogen and oxygen atoms in total. The molecule has 1 saturated heterocycles. The van der Waals surface area contributed by atoms with Gasteiger partial charge in [0.15, 0.2) is 0 Å². The van der Waals surface area contributed by atoms with E-state index in [0.29, 0.717) is 24.5 Å². The van der Waals surface area contributed by atoms with Gasteiger partial charge < -0.3 is 9.64 Å². The van der Waals surface area contributed by atoms with E-state index in [4.69, 9.17) is 4.74 Å². The van der Waals surface area contributed by atoms with Crippen LogP contribution in [0.1, 0.15) is 40.5 Å². The molecule has 2 aromatic carbocycles. The predicted octanol–water partition coefficient (Wildman–Crippen LogP) is 4.84. The molecule has 0 N–H and O–H groups in total. The maximum absolute atomic E-state index is 13.2. The molecule has 27 heavy (non-hydrogen) atoms. The van der Waals surface area contributed by atoms with Gasteiger partial charge in [-0.1, -0.05) is 18.2 Å². The lowest BCUT2D eigenvalue weighted by molar-refractivity contribution is 0.0735. The van der Waals surface area contributed by atoms with Gasteiger partial charge in [-0.25, -0.2) is 9.37 Å². The van der Waals surface area contributed by atoms with Crippen LogP contribution in [-0.4, -0.2) is 22.3 Å². The first kappa shape index (κ1) is 17.7. The molecule has 1 fully saturated rings. The Bertz CT molecular complexity index is 912. The molecule has 3 aromatic rings. The topological polar surface area (TPSA) is 42.4 Å². The molecule has 1 aromatic heterocycles. The fraction of sp³-hybridized carbons (Fsp3) is 0.238. The van der Waals surface area contributed by atoms with E-state index >= 15 is 0 Å². The molecule has 0 bridgehead atoms. The molecule has 6 heteroatoms. The minimum atomic E-state index is -0.264. The van der Waals surface area contributed by atoms with Crippen LogP contribution in [0.5, 0.6) is 5.75 Å². The van der Waals surface area contributed by atoms with E-state index in [9.17, 15) is 9.18 Å². The van der Waals surface area contributed by atoms with Crippen molar-refractivity contribution in [1.29, 1.82) is 0 Å². The Morgan fingerprint density at radius 2 is 2.11 bits per heavy atom. The Kier molecular flexibility index (Phi) is 5.16. The highest BCUT2D eigenvalue weighted by Crippen LogP contribution is 2.33. The Morgan fingerprint density at radius 1 is 1.26 bits per heavy atom. The van der Waals surface area contributed by atoms with Crippen LogP contribution in [0.3, 0.4) is 0 Å². The molecule has 2 heterocycles.